The highest BCUT2D eigenvalue weighted by Gasteiger charge is 2.32. The summed E-state index contributed by atoms with van der Waals surface area (Å²) < 4.78 is 0. The zero-order chi connectivity index (χ0) is 16.1. The number of Topliss-reactive ketones (excluding diaryl/α,β-unsaturated/α-hetero) is 1. The molecule has 1 aliphatic rings. The molecule has 5 nitrogen and oxygen atoms in total. The number of nitriles is 1. The average molecular weight is 300 g/mol. The van der Waals surface area contributed by atoms with E-state index in [9.17, 15) is 14.7 Å². The number of carboxylic acids is 1. The molecule has 1 fully saturated rings. The predicted octanol–water partition coefficient (Wildman–Crippen LogP) is 2.32. The molecular formula is C17H20N2O3. The number of piperidine rings is 1. The van der Waals surface area contributed by atoms with E-state index >= 15 is 0 Å². The van der Waals surface area contributed by atoms with Crippen LogP contribution in [0.3, 0.4) is 0 Å². The topological polar surface area (TPSA) is 81.4 Å². The number of hydrogen-bond donors (Lipinski definition) is 1. The standard InChI is InChI=1S/C17H20N2O3/c1-2-15(19-9-3-4-14(11-19)17(21)22)16(20)13-7-5-12(10-18)6-8-13/h5-8,14-15H,2-4,9,11H2,1H3,(H,21,22). The first kappa shape index (κ1) is 16.2. The van der Waals surface area contributed by atoms with Gasteiger partial charge in [-0.1, -0.05) is 19.1 Å². The highest BCUT2D eigenvalue weighted by molar-refractivity contribution is 6.00. The van der Waals surface area contributed by atoms with Gasteiger partial charge in [0.2, 0.25) is 0 Å². The second-order valence-electron chi connectivity index (χ2n) is 5.65. The van der Waals surface area contributed by atoms with Crippen molar-refractivity contribution in [1.82, 2.24) is 4.90 Å². The van der Waals surface area contributed by atoms with Crippen molar-refractivity contribution in [2.75, 3.05) is 13.1 Å². The molecule has 1 aromatic carbocycles. The third kappa shape index (κ3) is 3.52. The lowest BCUT2D eigenvalue weighted by molar-refractivity contribution is -0.143. The summed E-state index contributed by atoms with van der Waals surface area (Å²) in [5.41, 5.74) is 1.09. The van der Waals surface area contributed by atoms with Crippen LogP contribution in [0.1, 0.15) is 42.1 Å². The van der Waals surface area contributed by atoms with Crippen LogP contribution in [-0.2, 0) is 4.79 Å². The minimum atomic E-state index is -0.787. The highest BCUT2D eigenvalue weighted by Crippen LogP contribution is 2.22. The summed E-state index contributed by atoms with van der Waals surface area (Å²) in [5.74, 6) is -1.18. The Kier molecular flexibility index (Phi) is 5.29. The normalized spacial score (nSPS) is 20.1. The van der Waals surface area contributed by atoms with Gasteiger partial charge in [-0.2, -0.15) is 5.26 Å². The van der Waals surface area contributed by atoms with Crippen LogP contribution in [0.2, 0.25) is 0 Å². The Morgan fingerprint density at radius 3 is 2.64 bits per heavy atom. The molecule has 2 rings (SSSR count). The molecule has 2 atom stereocenters. The van der Waals surface area contributed by atoms with Crippen molar-refractivity contribution in [1.29, 1.82) is 5.26 Å². The van der Waals surface area contributed by atoms with Gasteiger partial charge < -0.3 is 5.11 Å². The molecule has 2 unspecified atom stereocenters. The molecule has 1 saturated heterocycles. The van der Waals surface area contributed by atoms with E-state index in [-0.39, 0.29) is 11.8 Å². The van der Waals surface area contributed by atoms with Crippen molar-refractivity contribution in [3.8, 4) is 6.07 Å². The van der Waals surface area contributed by atoms with Gasteiger partial charge in [0.1, 0.15) is 0 Å². The van der Waals surface area contributed by atoms with E-state index in [2.05, 4.69) is 0 Å². The first-order valence-electron chi connectivity index (χ1n) is 7.58. The van der Waals surface area contributed by atoms with E-state index in [4.69, 9.17) is 5.26 Å². The summed E-state index contributed by atoms with van der Waals surface area (Å²) in [6.07, 6.45) is 2.12. The third-order valence-corrected chi connectivity index (χ3v) is 4.23. The third-order valence-electron chi connectivity index (χ3n) is 4.23. The maximum atomic E-state index is 12.7. The largest absolute Gasteiger partial charge is 0.481 e. The molecule has 0 radical (unpaired) electrons. The average Bonchev–Trinajstić information content (AvgIpc) is 2.55. The molecule has 22 heavy (non-hydrogen) atoms. The van der Waals surface area contributed by atoms with Crippen LogP contribution in [0.5, 0.6) is 0 Å². The number of ketones is 1. The Morgan fingerprint density at radius 2 is 2.09 bits per heavy atom. The summed E-state index contributed by atoms with van der Waals surface area (Å²) in [7, 11) is 0. The second kappa shape index (κ2) is 7.19. The Morgan fingerprint density at radius 1 is 1.41 bits per heavy atom. The first-order valence-corrected chi connectivity index (χ1v) is 7.58. The fourth-order valence-corrected chi connectivity index (χ4v) is 3.00. The highest BCUT2D eigenvalue weighted by atomic mass is 16.4. The Balaban J connectivity index is 2.14. The lowest BCUT2D eigenvalue weighted by atomic mass is 9.93. The van der Waals surface area contributed by atoms with E-state index in [1.807, 2.05) is 17.9 Å². The number of carbonyl (C=O) groups is 2. The molecule has 1 aromatic rings. The number of hydrogen-bond acceptors (Lipinski definition) is 4. The fourth-order valence-electron chi connectivity index (χ4n) is 3.00. The van der Waals surface area contributed by atoms with Crippen LogP contribution in [0.25, 0.3) is 0 Å². The maximum absolute atomic E-state index is 12.7. The Bertz CT molecular complexity index is 589. The number of likely N-dealkylation sites (tertiary alicyclic amines) is 1. The second-order valence-corrected chi connectivity index (χ2v) is 5.65. The van der Waals surface area contributed by atoms with Crippen molar-refractivity contribution < 1.29 is 14.7 Å². The molecule has 1 aliphatic heterocycles. The summed E-state index contributed by atoms with van der Waals surface area (Å²) in [5, 5.41) is 18.0. The molecule has 1 heterocycles. The molecule has 0 bridgehead atoms. The van der Waals surface area contributed by atoms with Crippen molar-refractivity contribution >= 4 is 11.8 Å². The smallest absolute Gasteiger partial charge is 0.307 e. The van der Waals surface area contributed by atoms with Crippen LogP contribution in [0.4, 0.5) is 0 Å². The van der Waals surface area contributed by atoms with E-state index in [0.717, 1.165) is 13.0 Å². The van der Waals surface area contributed by atoms with Crippen molar-refractivity contribution in [2.24, 2.45) is 5.92 Å². The molecule has 116 valence electrons. The molecule has 5 heteroatoms. The fraction of sp³-hybridized carbons (Fsp3) is 0.471. The van der Waals surface area contributed by atoms with Gasteiger partial charge in [-0.05, 0) is 37.9 Å². The Labute approximate surface area is 130 Å². The molecule has 0 amide bonds. The van der Waals surface area contributed by atoms with Crippen molar-refractivity contribution in [2.45, 2.75) is 32.2 Å². The van der Waals surface area contributed by atoms with Gasteiger partial charge >= 0.3 is 5.97 Å². The van der Waals surface area contributed by atoms with E-state index in [0.29, 0.717) is 30.5 Å². The van der Waals surface area contributed by atoms with Crippen LogP contribution in [-0.4, -0.2) is 40.9 Å². The Hall–Kier alpha value is -2.19. The number of aliphatic carboxylic acids is 1. The zero-order valence-corrected chi connectivity index (χ0v) is 12.7. The number of carbonyl (C=O) groups excluding carboxylic acids is 1. The van der Waals surface area contributed by atoms with Crippen LogP contribution in [0, 0.1) is 17.2 Å². The van der Waals surface area contributed by atoms with E-state index in [1.165, 1.54) is 0 Å². The quantitative estimate of drug-likeness (QED) is 0.844. The van der Waals surface area contributed by atoms with Gasteiger partial charge in [-0.25, -0.2) is 0 Å². The molecule has 0 aromatic heterocycles. The summed E-state index contributed by atoms with van der Waals surface area (Å²) in [6, 6.07) is 8.34. The summed E-state index contributed by atoms with van der Waals surface area (Å²) in [4.78, 5) is 25.8. The van der Waals surface area contributed by atoms with Gasteiger partial charge in [0.05, 0.1) is 23.6 Å². The SMILES string of the molecule is CCC(C(=O)c1ccc(C#N)cc1)N1CCCC(C(=O)O)C1. The number of rotatable bonds is 5. The van der Waals surface area contributed by atoms with E-state index in [1.54, 1.807) is 24.3 Å². The minimum absolute atomic E-state index is 0.00183. The van der Waals surface area contributed by atoms with Gasteiger partial charge in [0, 0.05) is 12.1 Å². The van der Waals surface area contributed by atoms with Crippen LogP contribution < -0.4 is 0 Å². The molecule has 1 N–H and O–H groups in total. The van der Waals surface area contributed by atoms with Gasteiger partial charge in [0.25, 0.3) is 0 Å². The number of carboxylic acid groups (broad SMARTS) is 1. The number of benzene rings is 1. The molecule has 0 aliphatic carbocycles. The monoisotopic (exact) mass is 300 g/mol. The summed E-state index contributed by atoms with van der Waals surface area (Å²) in [6.45, 7) is 3.12. The first-order chi connectivity index (χ1) is 10.6. The predicted molar refractivity (Wildman–Crippen MR) is 81.5 cm³/mol. The molecule has 0 spiro atoms. The van der Waals surface area contributed by atoms with Crippen LogP contribution in [0.15, 0.2) is 24.3 Å². The lowest BCUT2D eigenvalue weighted by Crippen LogP contribution is -2.47. The minimum Gasteiger partial charge on any atom is -0.481 e. The van der Waals surface area contributed by atoms with Crippen molar-refractivity contribution in [3.63, 3.8) is 0 Å². The van der Waals surface area contributed by atoms with Gasteiger partial charge in [0.15, 0.2) is 5.78 Å². The van der Waals surface area contributed by atoms with E-state index < -0.39 is 11.9 Å². The maximum Gasteiger partial charge on any atom is 0.307 e. The van der Waals surface area contributed by atoms with Gasteiger partial charge in [-0.15, -0.1) is 0 Å². The summed E-state index contributed by atoms with van der Waals surface area (Å²) >= 11 is 0. The van der Waals surface area contributed by atoms with Crippen molar-refractivity contribution in [3.05, 3.63) is 35.4 Å². The van der Waals surface area contributed by atoms with Crippen LogP contribution >= 0.6 is 0 Å². The zero-order valence-electron chi connectivity index (χ0n) is 12.7. The molecular weight excluding hydrogens is 280 g/mol. The number of nitrogens with zero attached hydrogens (tertiary/aromatic N) is 2. The van der Waals surface area contributed by atoms with Gasteiger partial charge in [-0.3, -0.25) is 14.5 Å². The molecule has 0 saturated carbocycles. The lowest BCUT2D eigenvalue weighted by Gasteiger charge is -2.35.